The zero-order valence-electron chi connectivity index (χ0n) is 16.0. The molecule has 29 heavy (non-hydrogen) atoms. The second kappa shape index (κ2) is 7.86. The first-order valence-electron chi connectivity index (χ1n) is 9.13. The summed E-state index contributed by atoms with van der Waals surface area (Å²) in [7, 11) is 0. The Morgan fingerprint density at radius 3 is 2.34 bits per heavy atom. The number of nitrogens with zero attached hydrogens (tertiary/aromatic N) is 4. The predicted octanol–water partition coefficient (Wildman–Crippen LogP) is 0.880. The molecule has 0 aromatic heterocycles. The summed E-state index contributed by atoms with van der Waals surface area (Å²) in [4.78, 5) is 64.2. The Hall–Kier alpha value is -3.50. The van der Waals surface area contributed by atoms with Crippen molar-refractivity contribution in [3.05, 3.63) is 39.4 Å². The van der Waals surface area contributed by atoms with Gasteiger partial charge in [-0.15, -0.1) is 0 Å². The number of benzene rings is 1. The largest absolute Gasteiger partial charge is 0.450 e. The Morgan fingerprint density at radius 2 is 1.76 bits per heavy atom. The van der Waals surface area contributed by atoms with Crippen LogP contribution in [0.3, 0.4) is 0 Å². The number of nitro benzene ring substituents is 1. The number of hydrogen-bond acceptors (Lipinski definition) is 7. The molecule has 0 N–H and O–H groups in total. The Balaban J connectivity index is 1.73. The van der Waals surface area contributed by atoms with Crippen molar-refractivity contribution >= 4 is 29.5 Å². The molecule has 0 spiro atoms. The average Bonchev–Trinajstić information content (AvgIpc) is 2.97. The zero-order valence-corrected chi connectivity index (χ0v) is 16.0. The van der Waals surface area contributed by atoms with E-state index in [0.717, 1.165) is 11.0 Å². The molecule has 1 aromatic rings. The third-order valence-electron chi connectivity index (χ3n) is 4.98. The van der Waals surface area contributed by atoms with Crippen LogP contribution < -0.4 is 0 Å². The molecule has 2 aliphatic rings. The summed E-state index contributed by atoms with van der Waals surface area (Å²) in [6, 6.07) is 2.68. The van der Waals surface area contributed by atoms with Crippen molar-refractivity contribution in [3.63, 3.8) is 0 Å². The Kier molecular flexibility index (Phi) is 5.48. The van der Waals surface area contributed by atoms with Crippen LogP contribution in [0.5, 0.6) is 0 Å². The van der Waals surface area contributed by atoms with E-state index in [1.807, 2.05) is 0 Å². The second-order valence-corrected chi connectivity index (χ2v) is 6.62. The first kappa shape index (κ1) is 20.2. The second-order valence-electron chi connectivity index (χ2n) is 6.62. The molecule has 4 amide bonds. The molecular weight excluding hydrogens is 384 g/mol. The number of piperazine rings is 1. The van der Waals surface area contributed by atoms with Gasteiger partial charge in [0, 0.05) is 32.2 Å². The van der Waals surface area contributed by atoms with E-state index in [1.165, 1.54) is 28.9 Å². The minimum atomic E-state index is -1.13. The van der Waals surface area contributed by atoms with E-state index in [9.17, 15) is 29.3 Å². The molecule has 2 aliphatic heterocycles. The quantitative estimate of drug-likeness (QED) is 0.413. The van der Waals surface area contributed by atoms with Crippen molar-refractivity contribution in [1.82, 2.24) is 14.7 Å². The summed E-state index contributed by atoms with van der Waals surface area (Å²) in [6.45, 7) is 4.35. The molecule has 1 aromatic carbocycles. The smallest absolute Gasteiger partial charge is 0.409 e. The van der Waals surface area contributed by atoms with Gasteiger partial charge < -0.3 is 14.5 Å². The number of amides is 4. The van der Waals surface area contributed by atoms with E-state index >= 15 is 0 Å². The van der Waals surface area contributed by atoms with E-state index in [-0.39, 0.29) is 43.9 Å². The standard InChI is InChI=1S/C18H20N4O7/c1-3-29-18(26)20-9-7-19(8-10-20)15(23)11(2)21-16(24)12-5-4-6-13(22(27)28)14(12)17(21)25/h4-6,11H,3,7-10H2,1-2H3/t11-/m0/s1. The summed E-state index contributed by atoms with van der Waals surface area (Å²) < 4.78 is 4.93. The highest BCUT2D eigenvalue weighted by atomic mass is 16.6. The number of carbonyl (C=O) groups excluding carboxylic acids is 4. The van der Waals surface area contributed by atoms with Crippen LogP contribution in [0.4, 0.5) is 10.5 Å². The molecule has 0 radical (unpaired) electrons. The normalized spacial score (nSPS) is 17.2. The SMILES string of the molecule is CCOC(=O)N1CCN(C(=O)[C@H](C)N2C(=O)c3cccc([N+](=O)[O-])c3C2=O)CC1. The molecule has 3 rings (SSSR count). The third kappa shape index (κ3) is 3.50. The first-order chi connectivity index (χ1) is 13.8. The number of fused-ring (bicyclic) bond motifs is 1. The van der Waals surface area contributed by atoms with Gasteiger partial charge in [-0.05, 0) is 19.9 Å². The number of hydrogen-bond donors (Lipinski definition) is 0. The maximum atomic E-state index is 12.9. The van der Waals surface area contributed by atoms with Crippen LogP contribution in [0, 0.1) is 10.1 Å². The monoisotopic (exact) mass is 404 g/mol. The Morgan fingerprint density at radius 1 is 1.14 bits per heavy atom. The predicted molar refractivity (Wildman–Crippen MR) is 98.2 cm³/mol. The molecule has 154 valence electrons. The summed E-state index contributed by atoms with van der Waals surface area (Å²) >= 11 is 0. The molecule has 0 aliphatic carbocycles. The lowest BCUT2D eigenvalue weighted by molar-refractivity contribution is -0.385. The van der Waals surface area contributed by atoms with Crippen molar-refractivity contribution in [2.24, 2.45) is 0 Å². The van der Waals surface area contributed by atoms with Gasteiger partial charge in [0.05, 0.1) is 17.1 Å². The highest BCUT2D eigenvalue weighted by Crippen LogP contribution is 2.32. The summed E-state index contributed by atoms with van der Waals surface area (Å²) in [5, 5.41) is 11.2. The molecular formula is C18H20N4O7. The van der Waals surface area contributed by atoms with Crippen molar-refractivity contribution in [1.29, 1.82) is 0 Å². The third-order valence-corrected chi connectivity index (χ3v) is 4.98. The van der Waals surface area contributed by atoms with Gasteiger partial charge in [-0.3, -0.25) is 29.4 Å². The van der Waals surface area contributed by atoms with Crippen LogP contribution in [0.1, 0.15) is 34.6 Å². The van der Waals surface area contributed by atoms with Gasteiger partial charge in [0.25, 0.3) is 17.5 Å². The van der Waals surface area contributed by atoms with Crippen molar-refractivity contribution in [2.45, 2.75) is 19.9 Å². The average molecular weight is 404 g/mol. The number of nitro groups is 1. The topological polar surface area (TPSA) is 130 Å². The zero-order chi connectivity index (χ0) is 21.3. The van der Waals surface area contributed by atoms with Crippen LogP contribution in [0.2, 0.25) is 0 Å². The van der Waals surface area contributed by atoms with E-state index in [4.69, 9.17) is 4.74 Å². The maximum absolute atomic E-state index is 12.9. The first-order valence-corrected chi connectivity index (χ1v) is 9.13. The van der Waals surface area contributed by atoms with Gasteiger partial charge in [0.2, 0.25) is 5.91 Å². The molecule has 11 nitrogen and oxygen atoms in total. The van der Waals surface area contributed by atoms with Crippen molar-refractivity contribution in [2.75, 3.05) is 32.8 Å². The molecule has 1 fully saturated rings. The molecule has 0 bridgehead atoms. The molecule has 0 saturated carbocycles. The van der Waals surface area contributed by atoms with Crippen LogP contribution >= 0.6 is 0 Å². The van der Waals surface area contributed by atoms with Gasteiger partial charge in [0.15, 0.2) is 0 Å². The number of imide groups is 1. The van der Waals surface area contributed by atoms with Crippen molar-refractivity contribution < 1.29 is 28.8 Å². The number of ether oxygens (including phenoxy) is 1. The fraction of sp³-hybridized carbons (Fsp3) is 0.444. The van der Waals surface area contributed by atoms with Crippen LogP contribution in [-0.2, 0) is 9.53 Å². The summed E-state index contributed by atoms with van der Waals surface area (Å²) in [5.74, 6) is -2.06. The number of rotatable bonds is 4. The van der Waals surface area contributed by atoms with E-state index in [1.54, 1.807) is 6.92 Å². The number of carbonyl (C=O) groups is 4. The Labute approximate surface area is 165 Å². The lowest BCUT2D eigenvalue weighted by Gasteiger charge is -2.36. The van der Waals surface area contributed by atoms with Crippen LogP contribution in [0.25, 0.3) is 0 Å². The van der Waals surface area contributed by atoms with Gasteiger partial charge in [-0.2, -0.15) is 0 Å². The lowest BCUT2D eigenvalue weighted by Crippen LogP contribution is -2.56. The Bertz CT molecular complexity index is 892. The molecule has 11 heteroatoms. The lowest BCUT2D eigenvalue weighted by atomic mass is 10.1. The van der Waals surface area contributed by atoms with Crippen molar-refractivity contribution in [3.8, 4) is 0 Å². The van der Waals surface area contributed by atoms with E-state index < -0.39 is 40.5 Å². The van der Waals surface area contributed by atoms with Gasteiger partial charge in [-0.1, -0.05) is 6.07 Å². The maximum Gasteiger partial charge on any atom is 0.409 e. The fourth-order valence-corrected chi connectivity index (χ4v) is 3.49. The van der Waals surface area contributed by atoms with Crippen LogP contribution in [-0.4, -0.2) is 82.3 Å². The van der Waals surface area contributed by atoms with E-state index in [0.29, 0.717) is 0 Å². The highest BCUT2D eigenvalue weighted by molar-refractivity contribution is 6.24. The summed E-state index contributed by atoms with van der Waals surface area (Å²) in [6.07, 6.45) is -0.458. The fourth-order valence-electron chi connectivity index (χ4n) is 3.49. The molecule has 1 atom stereocenters. The van der Waals surface area contributed by atoms with Gasteiger partial charge in [-0.25, -0.2) is 4.79 Å². The minimum absolute atomic E-state index is 0.0871. The van der Waals surface area contributed by atoms with Gasteiger partial charge >= 0.3 is 6.09 Å². The molecule has 2 heterocycles. The molecule has 0 unspecified atom stereocenters. The van der Waals surface area contributed by atoms with Crippen LogP contribution in [0.15, 0.2) is 18.2 Å². The van der Waals surface area contributed by atoms with E-state index in [2.05, 4.69) is 0 Å². The minimum Gasteiger partial charge on any atom is -0.450 e. The highest BCUT2D eigenvalue weighted by Gasteiger charge is 2.45. The molecule has 1 saturated heterocycles. The summed E-state index contributed by atoms with van der Waals surface area (Å²) in [5.41, 5.74) is -0.851. The van der Waals surface area contributed by atoms with Gasteiger partial charge in [0.1, 0.15) is 11.6 Å².